The molecular formula is C12H19N3O2. The number of nitrogens with zero attached hydrogens (tertiary/aromatic N) is 2. The maximum atomic E-state index is 11.9. The van der Waals surface area contributed by atoms with Gasteiger partial charge in [-0.05, 0) is 38.5 Å². The molecule has 17 heavy (non-hydrogen) atoms. The van der Waals surface area contributed by atoms with Gasteiger partial charge in [0.05, 0.1) is 6.10 Å². The molecule has 0 aromatic carbocycles. The zero-order valence-electron chi connectivity index (χ0n) is 10.2. The Morgan fingerprint density at radius 1 is 1.35 bits per heavy atom. The van der Waals surface area contributed by atoms with Crippen LogP contribution in [0.2, 0.25) is 0 Å². The maximum absolute atomic E-state index is 11.9. The van der Waals surface area contributed by atoms with Gasteiger partial charge in [0.15, 0.2) is 0 Å². The molecule has 0 aromatic rings. The van der Waals surface area contributed by atoms with Crippen LogP contribution in [-0.2, 0) is 4.74 Å². The van der Waals surface area contributed by atoms with Crippen molar-refractivity contribution in [3.8, 4) is 0 Å². The summed E-state index contributed by atoms with van der Waals surface area (Å²) in [6.45, 7) is 0. The first kappa shape index (κ1) is 11.0. The van der Waals surface area contributed by atoms with E-state index >= 15 is 0 Å². The molecule has 2 amide bonds. The van der Waals surface area contributed by atoms with Gasteiger partial charge in [0, 0.05) is 13.2 Å². The van der Waals surface area contributed by atoms with Crippen molar-refractivity contribution in [2.24, 2.45) is 10.7 Å². The Morgan fingerprint density at radius 3 is 2.53 bits per heavy atom. The zero-order chi connectivity index (χ0) is 12.0. The molecule has 0 aromatic heterocycles. The Kier molecular flexibility index (Phi) is 2.40. The summed E-state index contributed by atoms with van der Waals surface area (Å²) < 4.78 is 5.38. The van der Waals surface area contributed by atoms with E-state index in [9.17, 15) is 4.79 Å². The quantitative estimate of drug-likeness (QED) is 0.786. The average Bonchev–Trinajstić information content (AvgIpc) is 3.11. The first-order valence-electron chi connectivity index (χ1n) is 6.38. The van der Waals surface area contributed by atoms with Gasteiger partial charge in [-0.25, -0.2) is 4.79 Å². The summed E-state index contributed by atoms with van der Waals surface area (Å²) in [5, 5.41) is 0. The van der Waals surface area contributed by atoms with Gasteiger partial charge < -0.3 is 15.4 Å². The van der Waals surface area contributed by atoms with Crippen molar-refractivity contribution in [1.82, 2.24) is 4.90 Å². The summed E-state index contributed by atoms with van der Waals surface area (Å²) in [7, 11) is 1.75. The summed E-state index contributed by atoms with van der Waals surface area (Å²) in [6, 6.07) is 0.257. The number of aliphatic imine (C=N–C) groups is 1. The van der Waals surface area contributed by atoms with E-state index in [1.54, 1.807) is 7.11 Å². The van der Waals surface area contributed by atoms with Crippen LogP contribution >= 0.6 is 0 Å². The summed E-state index contributed by atoms with van der Waals surface area (Å²) in [6.07, 6.45) is 6.22. The normalized spacial score (nSPS) is 37.7. The fraction of sp³-hybridized carbons (Fsp3) is 0.833. The van der Waals surface area contributed by atoms with Gasteiger partial charge in [-0.1, -0.05) is 0 Å². The summed E-state index contributed by atoms with van der Waals surface area (Å²) in [5.74, 6) is 0.531. The van der Waals surface area contributed by atoms with Crippen LogP contribution < -0.4 is 5.73 Å². The fourth-order valence-corrected chi connectivity index (χ4v) is 3.21. The van der Waals surface area contributed by atoms with Crippen molar-refractivity contribution in [3.63, 3.8) is 0 Å². The summed E-state index contributed by atoms with van der Waals surface area (Å²) in [5.41, 5.74) is 5.74. The minimum absolute atomic E-state index is 0.124. The topological polar surface area (TPSA) is 67.9 Å². The van der Waals surface area contributed by atoms with Crippen molar-refractivity contribution in [2.45, 2.75) is 56.2 Å². The van der Waals surface area contributed by atoms with Crippen LogP contribution in [0.25, 0.3) is 0 Å². The SMILES string of the molecule is COC1CCC2(CC1)C(N)=NC(=O)N2C1CC1. The highest BCUT2D eigenvalue weighted by Crippen LogP contribution is 2.44. The molecule has 5 nitrogen and oxygen atoms in total. The van der Waals surface area contributed by atoms with E-state index in [0.717, 1.165) is 38.5 Å². The van der Waals surface area contributed by atoms with Crippen LogP contribution in [0.1, 0.15) is 38.5 Å². The number of methoxy groups -OCH3 is 1. The lowest BCUT2D eigenvalue weighted by molar-refractivity contribution is 0.0325. The van der Waals surface area contributed by atoms with Crippen LogP contribution in [0, 0.1) is 0 Å². The second kappa shape index (κ2) is 3.70. The minimum Gasteiger partial charge on any atom is -0.385 e. The Hall–Kier alpha value is -1.10. The third-order valence-corrected chi connectivity index (χ3v) is 4.37. The van der Waals surface area contributed by atoms with E-state index in [2.05, 4.69) is 4.99 Å². The second-order valence-electron chi connectivity index (χ2n) is 5.35. The number of ether oxygens (including phenoxy) is 1. The van der Waals surface area contributed by atoms with Crippen LogP contribution in [0.4, 0.5) is 4.79 Å². The summed E-state index contributed by atoms with van der Waals surface area (Å²) in [4.78, 5) is 17.9. The Morgan fingerprint density at radius 2 is 2.00 bits per heavy atom. The van der Waals surface area contributed by atoms with Crippen LogP contribution in [0.3, 0.4) is 0 Å². The van der Waals surface area contributed by atoms with Gasteiger partial charge in [-0.3, -0.25) is 0 Å². The molecule has 5 heteroatoms. The van der Waals surface area contributed by atoms with Crippen molar-refractivity contribution >= 4 is 11.9 Å². The Bertz CT molecular complexity index is 368. The molecule has 0 bridgehead atoms. The first-order chi connectivity index (χ1) is 8.17. The number of rotatable bonds is 2. The number of urea groups is 1. The first-order valence-corrected chi connectivity index (χ1v) is 6.38. The number of carbonyl (C=O) groups is 1. The van der Waals surface area contributed by atoms with Crippen LogP contribution in [0.15, 0.2) is 4.99 Å². The molecule has 3 rings (SSSR count). The third kappa shape index (κ3) is 1.56. The molecule has 1 spiro atoms. The molecule has 2 N–H and O–H groups in total. The number of hydrogen-bond donors (Lipinski definition) is 1. The third-order valence-electron chi connectivity index (χ3n) is 4.37. The van der Waals surface area contributed by atoms with Gasteiger partial charge in [0.25, 0.3) is 0 Å². The lowest BCUT2D eigenvalue weighted by atomic mass is 9.78. The van der Waals surface area contributed by atoms with Crippen molar-refractivity contribution in [3.05, 3.63) is 0 Å². The maximum Gasteiger partial charge on any atom is 0.346 e. The number of amides is 2. The van der Waals surface area contributed by atoms with Crippen molar-refractivity contribution in [2.75, 3.05) is 7.11 Å². The molecule has 2 aliphatic carbocycles. The van der Waals surface area contributed by atoms with E-state index in [1.807, 2.05) is 4.90 Å². The average molecular weight is 237 g/mol. The molecule has 1 aliphatic heterocycles. The smallest absolute Gasteiger partial charge is 0.346 e. The highest BCUT2D eigenvalue weighted by atomic mass is 16.5. The van der Waals surface area contributed by atoms with E-state index < -0.39 is 0 Å². The molecule has 0 atom stereocenters. The molecule has 1 heterocycles. The molecular weight excluding hydrogens is 218 g/mol. The van der Waals surface area contributed by atoms with E-state index in [-0.39, 0.29) is 11.6 Å². The Balaban J connectivity index is 1.84. The highest BCUT2D eigenvalue weighted by molar-refractivity contribution is 6.06. The van der Waals surface area contributed by atoms with Gasteiger partial charge >= 0.3 is 6.03 Å². The molecule has 2 fully saturated rings. The number of carbonyl (C=O) groups excluding carboxylic acids is 1. The number of amidine groups is 1. The van der Waals surface area contributed by atoms with E-state index in [0.29, 0.717) is 18.0 Å². The monoisotopic (exact) mass is 237 g/mol. The van der Waals surface area contributed by atoms with Gasteiger partial charge in [-0.2, -0.15) is 4.99 Å². The predicted octanol–water partition coefficient (Wildman–Crippen LogP) is 1.27. The lowest BCUT2D eigenvalue weighted by Gasteiger charge is -2.43. The van der Waals surface area contributed by atoms with Gasteiger partial charge in [0.2, 0.25) is 0 Å². The largest absolute Gasteiger partial charge is 0.385 e. The molecule has 2 saturated carbocycles. The summed E-state index contributed by atoms with van der Waals surface area (Å²) >= 11 is 0. The van der Waals surface area contributed by atoms with Crippen LogP contribution in [0.5, 0.6) is 0 Å². The highest BCUT2D eigenvalue weighted by Gasteiger charge is 2.54. The predicted molar refractivity (Wildman–Crippen MR) is 63.9 cm³/mol. The zero-order valence-corrected chi connectivity index (χ0v) is 10.2. The van der Waals surface area contributed by atoms with E-state index in [1.165, 1.54) is 0 Å². The Labute approximate surface area is 101 Å². The molecule has 0 saturated heterocycles. The number of hydrogen-bond acceptors (Lipinski definition) is 3. The van der Waals surface area contributed by atoms with Crippen molar-refractivity contribution < 1.29 is 9.53 Å². The van der Waals surface area contributed by atoms with Crippen molar-refractivity contribution in [1.29, 1.82) is 0 Å². The van der Waals surface area contributed by atoms with E-state index in [4.69, 9.17) is 10.5 Å². The molecule has 0 unspecified atom stereocenters. The molecule has 3 aliphatic rings. The fourth-order valence-electron chi connectivity index (χ4n) is 3.21. The standard InChI is InChI=1S/C12H19N3O2/c1-17-9-4-6-12(7-5-9)10(13)14-11(16)15(12)8-2-3-8/h8-9H,2-7H2,1H3,(H2,13,14,16). The molecule has 0 radical (unpaired) electrons. The second-order valence-corrected chi connectivity index (χ2v) is 5.35. The van der Waals surface area contributed by atoms with Gasteiger partial charge in [-0.15, -0.1) is 0 Å². The van der Waals surface area contributed by atoms with Gasteiger partial charge in [0.1, 0.15) is 11.4 Å². The van der Waals surface area contributed by atoms with Crippen LogP contribution in [-0.4, -0.2) is 41.6 Å². The number of nitrogens with two attached hydrogens (primary N) is 1. The minimum atomic E-state index is -0.284. The lowest BCUT2D eigenvalue weighted by Crippen LogP contribution is -2.57. The molecule has 94 valence electrons.